The number of carbonyl (C=O) groups excluding carboxylic acids is 2. The van der Waals surface area contributed by atoms with Crippen molar-refractivity contribution in [3.8, 4) is 0 Å². The monoisotopic (exact) mass is 230 g/mol. The van der Waals surface area contributed by atoms with Crippen LogP contribution in [0.15, 0.2) is 0 Å². The van der Waals surface area contributed by atoms with Crippen molar-refractivity contribution in [3.63, 3.8) is 0 Å². The van der Waals surface area contributed by atoms with E-state index in [1.807, 2.05) is 20.8 Å². The van der Waals surface area contributed by atoms with Gasteiger partial charge in [-0.1, -0.05) is 27.2 Å². The summed E-state index contributed by atoms with van der Waals surface area (Å²) in [7, 11) is 0. The maximum atomic E-state index is 11.7. The van der Waals surface area contributed by atoms with Crippen LogP contribution in [0.25, 0.3) is 0 Å². The first-order chi connectivity index (χ1) is 7.52. The van der Waals surface area contributed by atoms with Gasteiger partial charge in [0.15, 0.2) is 0 Å². The number of nitrogens with one attached hydrogen (secondary N) is 2. The average Bonchev–Trinajstić information content (AvgIpc) is 2.25. The summed E-state index contributed by atoms with van der Waals surface area (Å²) in [5.74, 6) is -0.433. The average molecular weight is 230 g/mol. The number of hydrogen-bond donors (Lipinski definition) is 2. The predicted molar refractivity (Wildman–Crippen MR) is 61.4 cm³/mol. The molecule has 0 fully saturated rings. The maximum Gasteiger partial charge on any atom is 0.325 e. The maximum absolute atomic E-state index is 11.7. The van der Waals surface area contributed by atoms with Gasteiger partial charge >= 0.3 is 5.97 Å². The normalized spacial score (nSPS) is 14.0. The third-order valence-electron chi connectivity index (χ3n) is 2.32. The molecule has 0 aliphatic rings. The summed E-state index contributed by atoms with van der Waals surface area (Å²) in [4.78, 5) is 22.4. The second-order valence-corrected chi connectivity index (χ2v) is 3.86. The molecule has 2 atom stereocenters. The Balaban J connectivity index is 4.29. The van der Waals surface area contributed by atoms with Crippen molar-refractivity contribution >= 4 is 11.9 Å². The van der Waals surface area contributed by atoms with Crippen LogP contribution in [0, 0.1) is 5.92 Å². The fraction of sp³-hybridized carbons (Fsp3) is 0.818. The van der Waals surface area contributed by atoms with Gasteiger partial charge in [0.1, 0.15) is 6.04 Å². The molecule has 0 aliphatic carbocycles. The van der Waals surface area contributed by atoms with Gasteiger partial charge in [0.2, 0.25) is 5.91 Å². The summed E-state index contributed by atoms with van der Waals surface area (Å²) in [6.45, 7) is 7.66. The molecule has 1 amide bonds. The smallest absolute Gasteiger partial charge is 0.325 e. The minimum atomic E-state index is -0.486. The molecule has 0 aromatic heterocycles. The number of rotatable bonds is 7. The molecule has 0 aliphatic heterocycles. The van der Waals surface area contributed by atoms with E-state index in [-0.39, 0.29) is 17.8 Å². The molecule has 0 rings (SSSR count). The minimum Gasteiger partial charge on any atom is -0.464 e. The zero-order valence-corrected chi connectivity index (χ0v) is 10.5. The van der Waals surface area contributed by atoms with E-state index < -0.39 is 6.04 Å². The van der Waals surface area contributed by atoms with Crippen molar-refractivity contribution in [1.29, 1.82) is 0 Å². The quantitative estimate of drug-likeness (QED) is 0.505. The molecule has 0 saturated heterocycles. The SMILES string of the molecule is CCCOC(=O)[C@@H](NNC(C)=O)[C@@H](C)CC. The van der Waals surface area contributed by atoms with Gasteiger partial charge < -0.3 is 4.74 Å². The van der Waals surface area contributed by atoms with Crippen molar-refractivity contribution in [2.45, 2.75) is 46.6 Å². The summed E-state index contributed by atoms with van der Waals surface area (Å²) >= 11 is 0. The predicted octanol–water partition coefficient (Wildman–Crippen LogP) is 0.995. The van der Waals surface area contributed by atoms with Crippen LogP contribution in [0.5, 0.6) is 0 Å². The van der Waals surface area contributed by atoms with E-state index in [1.165, 1.54) is 6.92 Å². The lowest BCUT2D eigenvalue weighted by molar-refractivity contribution is -0.148. The fourth-order valence-electron chi connectivity index (χ4n) is 1.14. The standard InChI is InChI=1S/C11H22N2O3/c1-5-7-16-11(15)10(8(3)6-2)13-12-9(4)14/h8,10,13H,5-7H2,1-4H3,(H,12,14)/t8-,10-/m0/s1. The lowest BCUT2D eigenvalue weighted by Crippen LogP contribution is -2.51. The zero-order chi connectivity index (χ0) is 12.6. The van der Waals surface area contributed by atoms with Crippen LogP contribution in [-0.2, 0) is 14.3 Å². The number of esters is 1. The summed E-state index contributed by atoms with van der Waals surface area (Å²) in [5, 5.41) is 0. The summed E-state index contributed by atoms with van der Waals surface area (Å²) < 4.78 is 5.06. The largest absolute Gasteiger partial charge is 0.464 e. The molecule has 0 aromatic rings. The van der Waals surface area contributed by atoms with E-state index in [1.54, 1.807) is 0 Å². The van der Waals surface area contributed by atoms with E-state index in [2.05, 4.69) is 10.9 Å². The first kappa shape index (κ1) is 14.9. The Morgan fingerprint density at radius 1 is 1.31 bits per heavy atom. The van der Waals surface area contributed by atoms with Gasteiger partial charge in [-0.05, 0) is 12.3 Å². The van der Waals surface area contributed by atoms with Crippen LogP contribution < -0.4 is 10.9 Å². The van der Waals surface area contributed by atoms with Gasteiger partial charge in [-0.25, -0.2) is 5.43 Å². The van der Waals surface area contributed by atoms with Gasteiger partial charge in [-0.15, -0.1) is 0 Å². The fourth-order valence-corrected chi connectivity index (χ4v) is 1.14. The molecular weight excluding hydrogens is 208 g/mol. The highest BCUT2D eigenvalue weighted by atomic mass is 16.5. The molecule has 2 N–H and O–H groups in total. The molecule has 0 radical (unpaired) electrons. The highest BCUT2D eigenvalue weighted by Gasteiger charge is 2.25. The van der Waals surface area contributed by atoms with E-state index >= 15 is 0 Å². The summed E-state index contributed by atoms with van der Waals surface area (Å²) in [6, 6.07) is -0.486. The van der Waals surface area contributed by atoms with Crippen LogP contribution >= 0.6 is 0 Å². The lowest BCUT2D eigenvalue weighted by atomic mass is 10.00. The van der Waals surface area contributed by atoms with Crippen molar-refractivity contribution in [1.82, 2.24) is 10.9 Å². The number of hydrogen-bond acceptors (Lipinski definition) is 4. The highest BCUT2D eigenvalue weighted by molar-refractivity contribution is 5.77. The molecule has 0 saturated carbocycles. The van der Waals surface area contributed by atoms with Gasteiger partial charge in [-0.3, -0.25) is 15.0 Å². The van der Waals surface area contributed by atoms with Crippen LogP contribution in [0.2, 0.25) is 0 Å². The van der Waals surface area contributed by atoms with Crippen molar-refractivity contribution < 1.29 is 14.3 Å². The molecule has 0 bridgehead atoms. The van der Waals surface area contributed by atoms with Crippen LogP contribution in [0.4, 0.5) is 0 Å². The van der Waals surface area contributed by atoms with Crippen molar-refractivity contribution in [2.75, 3.05) is 6.61 Å². The Kier molecular flexibility index (Phi) is 7.54. The van der Waals surface area contributed by atoms with Crippen LogP contribution in [0.1, 0.15) is 40.5 Å². The topological polar surface area (TPSA) is 67.4 Å². The van der Waals surface area contributed by atoms with Gasteiger partial charge in [0.25, 0.3) is 0 Å². The molecule has 94 valence electrons. The molecular formula is C11H22N2O3. The van der Waals surface area contributed by atoms with Gasteiger partial charge in [0.05, 0.1) is 6.61 Å². The molecule has 0 spiro atoms. The van der Waals surface area contributed by atoms with Crippen molar-refractivity contribution in [2.24, 2.45) is 5.92 Å². The summed E-state index contributed by atoms with van der Waals surface area (Å²) in [5.41, 5.74) is 5.13. The van der Waals surface area contributed by atoms with E-state index in [9.17, 15) is 9.59 Å². The third-order valence-corrected chi connectivity index (χ3v) is 2.32. The zero-order valence-electron chi connectivity index (χ0n) is 10.5. The Morgan fingerprint density at radius 2 is 1.94 bits per heavy atom. The molecule has 5 nitrogen and oxygen atoms in total. The third kappa shape index (κ3) is 5.70. The highest BCUT2D eigenvalue weighted by Crippen LogP contribution is 2.08. The first-order valence-electron chi connectivity index (χ1n) is 5.71. The number of ether oxygens (including phenoxy) is 1. The Morgan fingerprint density at radius 3 is 2.38 bits per heavy atom. The lowest BCUT2D eigenvalue weighted by Gasteiger charge is -2.22. The van der Waals surface area contributed by atoms with Gasteiger partial charge in [-0.2, -0.15) is 0 Å². The summed E-state index contributed by atoms with van der Waals surface area (Å²) in [6.07, 6.45) is 1.62. The molecule has 0 aromatic carbocycles. The van der Waals surface area contributed by atoms with E-state index in [0.29, 0.717) is 6.61 Å². The second kappa shape index (κ2) is 8.10. The van der Waals surface area contributed by atoms with Crippen molar-refractivity contribution in [3.05, 3.63) is 0 Å². The van der Waals surface area contributed by atoms with E-state index in [4.69, 9.17) is 4.74 Å². The second-order valence-electron chi connectivity index (χ2n) is 3.86. The molecule has 16 heavy (non-hydrogen) atoms. The van der Waals surface area contributed by atoms with Crippen LogP contribution in [-0.4, -0.2) is 24.5 Å². The molecule has 0 unspecified atom stereocenters. The minimum absolute atomic E-state index is 0.108. The Hall–Kier alpha value is -1.10. The first-order valence-corrected chi connectivity index (χ1v) is 5.71. The molecule has 5 heteroatoms. The molecule has 0 heterocycles. The van der Waals surface area contributed by atoms with E-state index in [0.717, 1.165) is 12.8 Å². The number of hydrazine groups is 1. The Bertz CT molecular complexity index is 231. The van der Waals surface area contributed by atoms with Crippen LogP contribution in [0.3, 0.4) is 0 Å². The Labute approximate surface area is 96.9 Å². The number of amides is 1. The van der Waals surface area contributed by atoms with Gasteiger partial charge in [0, 0.05) is 6.92 Å². The number of carbonyl (C=O) groups is 2.